The Kier molecular flexibility index (Phi) is 5.43. The number of aryl methyl sites for hydroxylation is 1. The molecule has 0 bridgehead atoms. The van der Waals surface area contributed by atoms with E-state index in [0.717, 1.165) is 5.52 Å². The maximum atomic E-state index is 12.0. The molecule has 1 N–H and O–H groups in total. The fourth-order valence-corrected chi connectivity index (χ4v) is 2.88. The van der Waals surface area contributed by atoms with E-state index in [4.69, 9.17) is 16.3 Å². The maximum absolute atomic E-state index is 12.0. The van der Waals surface area contributed by atoms with Gasteiger partial charge < -0.3 is 14.4 Å². The van der Waals surface area contributed by atoms with Gasteiger partial charge in [-0.25, -0.2) is 4.98 Å². The van der Waals surface area contributed by atoms with Crippen molar-refractivity contribution in [2.45, 2.75) is 6.42 Å². The molecule has 2 aromatic carbocycles. The summed E-state index contributed by atoms with van der Waals surface area (Å²) < 4.78 is 6.79. The zero-order chi connectivity index (χ0) is 19.4. The molecule has 0 atom stereocenters. The highest BCUT2D eigenvalue weighted by Crippen LogP contribution is 2.22. The molecular formula is C20H16ClN3O3. The van der Waals surface area contributed by atoms with Crippen molar-refractivity contribution in [3.8, 4) is 6.07 Å². The average Bonchev–Trinajstić information content (AvgIpc) is 2.99. The number of carbonyl (C=O) groups is 1. The summed E-state index contributed by atoms with van der Waals surface area (Å²) in [6, 6.07) is 16.3. The third kappa shape index (κ3) is 3.94. The van der Waals surface area contributed by atoms with Crippen molar-refractivity contribution in [3.63, 3.8) is 0 Å². The van der Waals surface area contributed by atoms with Gasteiger partial charge in [-0.3, -0.25) is 4.79 Å². The molecule has 0 amide bonds. The highest BCUT2D eigenvalue weighted by atomic mass is 35.5. The summed E-state index contributed by atoms with van der Waals surface area (Å²) in [5.41, 5.74) is 2.11. The van der Waals surface area contributed by atoms with Crippen molar-refractivity contribution in [1.29, 1.82) is 5.26 Å². The summed E-state index contributed by atoms with van der Waals surface area (Å²) in [4.78, 5) is 16.4. The van der Waals surface area contributed by atoms with Gasteiger partial charge in [0.2, 0.25) is 0 Å². The number of fused-ring (bicyclic) bond motifs is 1. The third-order valence-corrected chi connectivity index (χ3v) is 4.44. The molecule has 0 unspecified atom stereocenters. The summed E-state index contributed by atoms with van der Waals surface area (Å²) in [5, 5.41) is 20.2. The van der Waals surface area contributed by atoms with E-state index >= 15 is 0 Å². The number of nitrogens with zero attached hydrogens (tertiary/aromatic N) is 3. The third-order valence-electron chi connectivity index (χ3n) is 4.07. The van der Waals surface area contributed by atoms with Gasteiger partial charge in [-0.1, -0.05) is 41.9 Å². The Morgan fingerprint density at radius 3 is 2.67 bits per heavy atom. The van der Waals surface area contributed by atoms with Crippen molar-refractivity contribution in [2.24, 2.45) is 7.05 Å². The predicted octanol–water partition coefficient (Wildman–Crippen LogP) is 3.81. The van der Waals surface area contributed by atoms with Crippen LogP contribution >= 0.6 is 11.6 Å². The topological polar surface area (TPSA) is 88.1 Å². The Balaban J connectivity index is 1.77. The number of ether oxygens (including phenoxy) is 1. The number of aliphatic hydroxyl groups excluding tert-OH is 1. The van der Waals surface area contributed by atoms with E-state index in [1.165, 1.54) is 0 Å². The summed E-state index contributed by atoms with van der Waals surface area (Å²) in [7, 11) is 1.75. The number of hydrogen-bond donors (Lipinski definition) is 1. The number of imidazole rings is 1. The van der Waals surface area contributed by atoms with Crippen molar-refractivity contribution in [2.75, 3.05) is 6.61 Å². The Morgan fingerprint density at radius 1 is 1.26 bits per heavy atom. The minimum atomic E-state index is -0.558. The first kappa shape index (κ1) is 18.5. The zero-order valence-corrected chi connectivity index (χ0v) is 15.3. The van der Waals surface area contributed by atoms with Gasteiger partial charge in [-0.2, -0.15) is 5.26 Å². The molecule has 0 aliphatic carbocycles. The molecule has 6 nitrogen and oxygen atoms in total. The lowest BCUT2D eigenvalue weighted by Gasteiger charge is -2.08. The fourth-order valence-electron chi connectivity index (χ4n) is 2.68. The normalized spacial score (nSPS) is 11.7. The van der Waals surface area contributed by atoms with Crippen LogP contribution in [0.1, 0.15) is 11.4 Å². The van der Waals surface area contributed by atoms with Gasteiger partial charge in [0.15, 0.2) is 11.6 Å². The Hall–Kier alpha value is -3.30. The lowest BCUT2D eigenvalue weighted by Crippen LogP contribution is -2.12. The number of benzene rings is 2. The minimum absolute atomic E-state index is 0.0267. The van der Waals surface area contributed by atoms with Gasteiger partial charge in [-0.05, 0) is 23.8 Å². The predicted molar refractivity (Wildman–Crippen MR) is 102 cm³/mol. The molecule has 0 saturated heterocycles. The number of allylic oxidation sites excluding steroid dienone is 1. The molecule has 1 aromatic heterocycles. The monoisotopic (exact) mass is 381 g/mol. The summed E-state index contributed by atoms with van der Waals surface area (Å²) in [6.45, 7) is -0.421. The first-order valence-electron chi connectivity index (χ1n) is 8.14. The Bertz CT molecular complexity index is 1080. The molecule has 0 spiro atoms. The van der Waals surface area contributed by atoms with Crippen LogP contribution in [0, 0.1) is 11.3 Å². The number of carbonyl (C=O) groups excluding carboxylic acids is 1. The fraction of sp³-hybridized carbons (Fsp3) is 0.150. The molecule has 3 rings (SSSR count). The highest BCUT2D eigenvalue weighted by Gasteiger charge is 2.17. The molecule has 3 aromatic rings. The summed E-state index contributed by atoms with van der Waals surface area (Å²) in [6.07, 6.45) is -0.0267. The van der Waals surface area contributed by atoms with Crippen LogP contribution in [-0.4, -0.2) is 27.2 Å². The number of rotatable bonds is 5. The second-order valence-corrected chi connectivity index (χ2v) is 6.25. The molecular weight excluding hydrogens is 366 g/mol. The second kappa shape index (κ2) is 7.94. The van der Waals surface area contributed by atoms with Crippen molar-refractivity contribution < 1.29 is 14.6 Å². The second-order valence-electron chi connectivity index (χ2n) is 5.85. The van der Waals surface area contributed by atoms with Crippen LogP contribution in [0.3, 0.4) is 0 Å². The Labute approximate surface area is 160 Å². The largest absolute Gasteiger partial charge is 0.507 e. The van der Waals surface area contributed by atoms with E-state index in [9.17, 15) is 15.2 Å². The van der Waals surface area contributed by atoms with E-state index in [0.29, 0.717) is 21.9 Å². The molecule has 136 valence electrons. The molecule has 1 heterocycles. The number of para-hydroxylation sites is 2. The van der Waals surface area contributed by atoms with Crippen LogP contribution in [0.5, 0.6) is 0 Å². The van der Waals surface area contributed by atoms with Crippen molar-refractivity contribution in [1.82, 2.24) is 9.55 Å². The molecule has 0 radical (unpaired) electrons. The number of aromatic nitrogens is 2. The van der Waals surface area contributed by atoms with Crippen LogP contribution in [-0.2, 0) is 23.0 Å². The standard InChI is InChI=1S/C20H16ClN3O3/c1-24-17-9-5-4-8-16(17)23-20(24)14(11-22)18(25)12-27-19(26)10-13-6-2-3-7-15(13)21/h2-9,25H,10,12H2,1H3/b18-14-. The molecule has 0 aliphatic rings. The quantitative estimate of drug-likeness (QED) is 0.412. The van der Waals surface area contributed by atoms with Gasteiger partial charge in [-0.15, -0.1) is 0 Å². The lowest BCUT2D eigenvalue weighted by molar-refractivity contribution is -0.142. The van der Waals surface area contributed by atoms with E-state index in [2.05, 4.69) is 4.98 Å². The van der Waals surface area contributed by atoms with Gasteiger partial charge >= 0.3 is 5.97 Å². The van der Waals surface area contributed by atoms with E-state index in [1.807, 2.05) is 30.3 Å². The van der Waals surface area contributed by atoms with Crippen LogP contribution in [0.25, 0.3) is 16.6 Å². The molecule has 27 heavy (non-hydrogen) atoms. The van der Waals surface area contributed by atoms with E-state index < -0.39 is 12.6 Å². The van der Waals surface area contributed by atoms with Gasteiger partial charge in [0.1, 0.15) is 18.2 Å². The zero-order valence-electron chi connectivity index (χ0n) is 14.5. The Morgan fingerprint density at radius 2 is 1.96 bits per heavy atom. The minimum Gasteiger partial charge on any atom is -0.507 e. The molecule has 0 fully saturated rings. The smallest absolute Gasteiger partial charge is 0.310 e. The van der Waals surface area contributed by atoms with Crippen molar-refractivity contribution in [3.05, 3.63) is 70.7 Å². The summed E-state index contributed by atoms with van der Waals surface area (Å²) >= 11 is 6.02. The lowest BCUT2D eigenvalue weighted by atomic mass is 10.1. The number of esters is 1. The van der Waals surface area contributed by atoms with Gasteiger partial charge in [0.25, 0.3) is 0 Å². The number of nitriles is 1. The van der Waals surface area contributed by atoms with Crippen LogP contribution in [0.2, 0.25) is 5.02 Å². The van der Waals surface area contributed by atoms with E-state index in [-0.39, 0.29) is 17.8 Å². The SMILES string of the molecule is Cn1c(/C(C#N)=C(\O)COC(=O)Cc2ccccc2Cl)nc2ccccc21. The molecule has 7 heteroatoms. The number of hydrogen-bond acceptors (Lipinski definition) is 5. The van der Waals surface area contributed by atoms with Crippen LogP contribution < -0.4 is 0 Å². The van der Waals surface area contributed by atoms with Crippen molar-refractivity contribution >= 4 is 34.2 Å². The number of halogens is 1. The van der Waals surface area contributed by atoms with Gasteiger partial charge in [0.05, 0.1) is 17.5 Å². The van der Waals surface area contributed by atoms with Crippen LogP contribution in [0.4, 0.5) is 0 Å². The number of aliphatic hydroxyl groups is 1. The van der Waals surface area contributed by atoms with E-state index in [1.54, 1.807) is 35.9 Å². The average molecular weight is 382 g/mol. The maximum Gasteiger partial charge on any atom is 0.310 e. The van der Waals surface area contributed by atoms with Crippen LogP contribution in [0.15, 0.2) is 54.3 Å². The highest BCUT2D eigenvalue weighted by molar-refractivity contribution is 6.31. The molecule has 0 saturated carbocycles. The first-order chi connectivity index (χ1) is 13.0. The first-order valence-corrected chi connectivity index (χ1v) is 8.52. The molecule has 0 aliphatic heterocycles. The summed E-state index contributed by atoms with van der Waals surface area (Å²) in [5.74, 6) is -0.612. The van der Waals surface area contributed by atoms with Gasteiger partial charge in [0, 0.05) is 12.1 Å².